The lowest BCUT2D eigenvalue weighted by molar-refractivity contribution is -0.205. The van der Waals surface area contributed by atoms with Crippen molar-refractivity contribution in [2.45, 2.75) is 77.7 Å². The number of ether oxygens (including phenoxy) is 1. The van der Waals surface area contributed by atoms with E-state index in [-0.39, 0.29) is 29.5 Å². The van der Waals surface area contributed by atoms with Gasteiger partial charge in [0.15, 0.2) is 0 Å². The molecule has 0 aromatic rings. The monoisotopic (exact) mass is 348 g/mol. The Kier molecular flexibility index (Phi) is 4.25. The highest BCUT2D eigenvalue weighted by Crippen LogP contribution is 2.65. The summed E-state index contributed by atoms with van der Waals surface area (Å²) in [4.78, 5) is 24.3. The standard InChI is InChI=1S/C21H32O4/c1-13(23)25-19-5-3-4-14-6-7-15-16-8-9-18(24)20(16,2)11-10-17(15)21(14,19)12-22/h14-17,19,22H,3-12H2,1-2H3/t14?,15-,16-,17+,19?,20-,21-/m0/s1. The van der Waals surface area contributed by atoms with Crippen LogP contribution in [0.2, 0.25) is 0 Å². The minimum absolute atomic E-state index is 0.119. The summed E-state index contributed by atoms with van der Waals surface area (Å²) in [6.45, 7) is 3.79. The summed E-state index contributed by atoms with van der Waals surface area (Å²) in [7, 11) is 0. The normalized spacial score (nSPS) is 49.1. The molecule has 0 aromatic heterocycles. The van der Waals surface area contributed by atoms with E-state index in [4.69, 9.17) is 4.74 Å². The smallest absolute Gasteiger partial charge is 0.302 e. The molecular formula is C21H32O4. The van der Waals surface area contributed by atoms with E-state index < -0.39 is 0 Å². The number of ketones is 1. The molecule has 4 saturated carbocycles. The Morgan fingerprint density at radius 1 is 1.16 bits per heavy atom. The van der Waals surface area contributed by atoms with Crippen molar-refractivity contribution in [2.24, 2.45) is 34.5 Å². The average molecular weight is 348 g/mol. The van der Waals surface area contributed by atoms with Crippen LogP contribution in [-0.4, -0.2) is 29.6 Å². The quantitative estimate of drug-likeness (QED) is 0.776. The van der Waals surface area contributed by atoms with Crippen LogP contribution in [0, 0.1) is 34.5 Å². The molecule has 0 radical (unpaired) electrons. The van der Waals surface area contributed by atoms with Crippen molar-refractivity contribution in [1.29, 1.82) is 0 Å². The Bertz CT molecular complexity index is 572. The molecule has 0 spiro atoms. The molecular weight excluding hydrogens is 316 g/mol. The van der Waals surface area contributed by atoms with Crippen molar-refractivity contribution in [2.75, 3.05) is 6.61 Å². The van der Waals surface area contributed by atoms with Gasteiger partial charge in [0.25, 0.3) is 0 Å². The van der Waals surface area contributed by atoms with Gasteiger partial charge in [-0.3, -0.25) is 9.59 Å². The number of Topliss-reactive ketones (excluding diaryl/α,β-unsaturated/α-hetero) is 1. The van der Waals surface area contributed by atoms with Gasteiger partial charge in [-0.2, -0.15) is 0 Å². The number of rotatable bonds is 2. The fraction of sp³-hybridized carbons (Fsp3) is 0.905. The van der Waals surface area contributed by atoms with E-state index >= 15 is 0 Å². The number of esters is 1. The highest BCUT2D eigenvalue weighted by Gasteiger charge is 2.64. The van der Waals surface area contributed by atoms with Crippen LogP contribution >= 0.6 is 0 Å². The van der Waals surface area contributed by atoms with Gasteiger partial charge in [-0.05, 0) is 75.0 Å². The molecule has 4 rings (SSSR count). The SMILES string of the molecule is CC(=O)OC1CCCC2CC[C@@H]3[C@@H](CC[C@]4(C)C(=O)CC[C@@H]34)[C@]21CO. The molecule has 0 heterocycles. The first kappa shape index (κ1) is 17.5. The number of hydrogen-bond acceptors (Lipinski definition) is 4. The second-order valence-corrected chi connectivity index (χ2v) is 9.37. The molecule has 25 heavy (non-hydrogen) atoms. The number of fused-ring (bicyclic) bond motifs is 5. The van der Waals surface area contributed by atoms with Crippen molar-refractivity contribution in [3.8, 4) is 0 Å². The van der Waals surface area contributed by atoms with E-state index in [1.54, 1.807) is 0 Å². The third-order valence-corrected chi connectivity index (χ3v) is 8.65. The highest BCUT2D eigenvalue weighted by atomic mass is 16.5. The minimum Gasteiger partial charge on any atom is -0.462 e. The molecule has 4 nitrogen and oxygen atoms in total. The first-order valence-corrected chi connectivity index (χ1v) is 10.2. The molecule has 0 amide bonds. The van der Waals surface area contributed by atoms with Gasteiger partial charge in [-0.1, -0.05) is 6.92 Å². The lowest BCUT2D eigenvalue weighted by Crippen LogP contribution is -2.61. The van der Waals surface area contributed by atoms with E-state index in [2.05, 4.69) is 6.92 Å². The fourth-order valence-electron chi connectivity index (χ4n) is 7.54. The predicted molar refractivity (Wildman–Crippen MR) is 93.7 cm³/mol. The topological polar surface area (TPSA) is 63.6 Å². The Balaban J connectivity index is 1.71. The van der Waals surface area contributed by atoms with Crippen molar-refractivity contribution in [1.82, 2.24) is 0 Å². The Labute approximate surface area is 150 Å². The molecule has 4 aliphatic rings. The van der Waals surface area contributed by atoms with E-state index in [0.29, 0.717) is 29.5 Å². The van der Waals surface area contributed by atoms with Crippen molar-refractivity contribution < 1.29 is 19.4 Å². The maximum absolute atomic E-state index is 12.5. The van der Waals surface area contributed by atoms with Gasteiger partial charge in [0.1, 0.15) is 11.9 Å². The zero-order valence-corrected chi connectivity index (χ0v) is 15.6. The largest absolute Gasteiger partial charge is 0.462 e. The average Bonchev–Trinajstić information content (AvgIpc) is 2.89. The maximum atomic E-state index is 12.5. The Morgan fingerprint density at radius 2 is 1.96 bits per heavy atom. The molecule has 0 saturated heterocycles. The Hall–Kier alpha value is -0.900. The summed E-state index contributed by atoms with van der Waals surface area (Å²) in [5.74, 6) is 2.05. The first-order valence-electron chi connectivity index (χ1n) is 10.2. The van der Waals surface area contributed by atoms with Crippen LogP contribution < -0.4 is 0 Å². The molecule has 4 heteroatoms. The van der Waals surface area contributed by atoms with Crippen molar-refractivity contribution in [3.05, 3.63) is 0 Å². The molecule has 0 bridgehead atoms. The number of hydrogen-bond donors (Lipinski definition) is 1. The number of aliphatic hydroxyl groups is 1. The summed E-state index contributed by atoms with van der Waals surface area (Å²) >= 11 is 0. The molecule has 4 fully saturated rings. The zero-order valence-electron chi connectivity index (χ0n) is 15.6. The van der Waals surface area contributed by atoms with E-state index in [1.165, 1.54) is 13.3 Å². The lowest BCUT2D eigenvalue weighted by Gasteiger charge is -2.61. The molecule has 0 aliphatic heterocycles. The number of carbonyl (C=O) groups excluding carboxylic acids is 2. The predicted octanol–water partition coefficient (Wildman–Crippen LogP) is 3.50. The van der Waals surface area contributed by atoms with Crippen LogP contribution in [0.25, 0.3) is 0 Å². The second-order valence-electron chi connectivity index (χ2n) is 9.37. The summed E-state index contributed by atoms with van der Waals surface area (Å²) in [5.41, 5.74) is -0.421. The van der Waals surface area contributed by atoms with Crippen molar-refractivity contribution in [3.63, 3.8) is 0 Å². The summed E-state index contributed by atoms with van der Waals surface area (Å²) in [6, 6.07) is 0. The second kappa shape index (κ2) is 6.07. The molecule has 1 N–H and O–H groups in total. The van der Waals surface area contributed by atoms with Crippen LogP contribution in [0.3, 0.4) is 0 Å². The van der Waals surface area contributed by atoms with Gasteiger partial charge in [-0.25, -0.2) is 0 Å². The van der Waals surface area contributed by atoms with Gasteiger partial charge in [0.2, 0.25) is 0 Å². The van der Waals surface area contributed by atoms with Crippen LogP contribution in [0.1, 0.15) is 71.6 Å². The maximum Gasteiger partial charge on any atom is 0.302 e. The molecule has 2 unspecified atom stereocenters. The van der Waals surface area contributed by atoms with Gasteiger partial charge < -0.3 is 9.84 Å². The van der Waals surface area contributed by atoms with Gasteiger partial charge in [0.05, 0.1) is 6.61 Å². The minimum atomic E-state index is -0.278. The van der Waals surface area contributed by atoms with E-state index in [1.807, 2.05) is 0 Å². The van der Waals surface area contributed by atoms with E-state index in [9.17, 15) is 14.7 Å². The molecule has 140 valence electrons. The fourth-order valence-corrected chi connectivity index (χ4v) is 7.54. The lowest BCUT2D eigenvalue weighted by atomic mass is 9.44. The van der Waals surface area contributed by atoms with Crippen molar-refractivity contribution >= 4 is 11.8 Å². The first-order chi connectivity index (χ1) is 11.9. The summed E-state index contributed by atoms with van der Waals surface area (Å²) < 4.78 is 5.80. The van der Waals surface area contributed by atoms with E-state index in [0.717, 1.165) is 51.4 Å². The highest BCUT2D eigenvalue weighted by molar-refractivity contribution is 5.87. The Morgan fingerprint density at radius 3 is 2.68 bits per heavy atom. The number of carbonyl (C=O) groups is 2. The number of aliphatic hydroxyl groups excluding tert-OH is 1. The third-order valence-electron chi connectivity index (χ3n) is 8.65. The van der Waals surface area contributed by atoms with Crippen LogP contribution in [0.5, 0.6) is 0 Å². The van der Waals surface area contributed by atoms with Gasteiger partial charge in [0, 0.05) is 24.2 Å². The summed E-state index contributed by atoms with van der Waals surface area (Å²) in [5, 5.41) is 10.6. The zero-order chi connectivity index (χ0) is 17.8. The molecule has 7 atom stereocenters. The molecule has 4 aliphatic carbocycles. The third kappa shape index (κ3) is 2.35. The van der Waals surface area contributed by atoms with Crippen LogP contribution in [0.15, 0.2) is 0 Å². The van der Waals surface area contributed by atoms with Gasteiger partial charge in [-0.15, -0.1) is 0 Å². The molecule has 0 aromatic carbocycles. The van der Waals surface area contributed by atoms with Gasteiger partial charge >= 0.3 is 5.97 Å². The van der Waals surface area contributed by atoms with Crippen LogP contribution in [-0.2, 0) is 14.3 Å². The van der Waals surface area contributed by atoms with Crippen LogP contribution in [0.4, 0.5) is 0 Å². The summed E-state index contributed by atoms with van der Waals surface area (Å²) in [6.07, 6.45) is 8.93.